The Hall–Kier alpha value is -3.10. The van der Waals surface area contributed by atoms with E-state index in [0.29, 0.717) is 21.8 Å². The zero-order valence-corrected chi connectivity index (χ0v) is 18.0. The third kappa shape index (κ3) is 4.39. The highest BCUT2D eigenvalue weighted by molar-refractivity contribution is 7.99. The molecule has 0 saturated heterocycles. The lowest BCUT2D eigenvalue weighted by molar-refractivity contribution is -0.113. The van der Waals surface area contributed by atoms with Gasteiger partial charge in [-0.1, -0.05) is 41.6 Å². The summed E-state index contributed by atoms with van der Waals surface area (Å²) in [7, 11) is 1.79. The Kier molecular flexibility index (Phi) is 5.87. The Bertz CT molecular complexity index is 1170. The number of hydrogen-bond donors (Lipinski definition) is 1. The Morgan fingerprint density at radius 3 is 2.50 bits per heavy atom. The molecule has 0 unspecified atom stereocenters. The predicted molar refractivity (Wildman–Crippen MR) is 119 cm³/mol. The first-order chi connectivity index (χ1) is 14.5. The molecular weight excluding hydrogens is 420 g/mol. The van der Waals surface area contributed by atoms with Crippen molar-refractivity contribution in [1.29, 1.82) is 0 Å². The summed E-state index contributed by atoms with van der Waals surface area (Å²) in [5.41, 5.74) is 2.65. The van der Waals surface area contributed by atoms with Crippen LogP contribution < -0.4 is 5.32 Å². The van der Waals surface area contributed by atoms with Crippen LogP contribution in [0, 0.1) is 6.92 Å². The van der Waals surface area contributed by atoms with Crippen molar-refractivity contribution in [3.05, 3.63) is 71.4 Å². The first-order valence-electron chi connectivity index (χ1n) is 9.21. The lowest BCUT2D eigenvalue weighted by Gasteiger charge is -2.10. The number of carbonyl (C=O) groups excluding carboxylic acids is 1. The number of carbonyl (C=O) groups is 1. The van der Waals surface area contributed by atoms with Gasteiger partial charge in [0.2, 0.25) is 5.91 Å². The van der Waals surface area contributed by atoms with E-state index in [0.717, 1.165) is 16.9 Å². The molecule has 4 aromatic rings. The van der Waals surface area contributed by atoms with E-state index in [2.05, 4.69) is 20.6 Å². The van der Waals surface area contributed by atoms with Gasteiger partial charge in [-0.2, -0.15) is 5.10 Å². The fraction of sp³-hybridized carbons (Fsp3) is 0.143. The number of aromatic nitrogens is 5. The van der Waals surface area contributed by atoms with Gasteiger partial charge in [-0.05, 0) is 43.3 Å². The van der Waals surface area contributed by atoms with Crippen LogP contribution in [-0.4, -0.2) is 36.2 Å². The van der Waals surface area contributed by atoms with Crippen LogP contribution >= 0.6 is 23.4 Å². The van der Waals surface area contributed by atoms with Gasteiger partial charge < -0.3 is 5.32 Å². The van der Waals surface area contributed by atoms with Crippen LogP contribution in [0.5, 0.6) is 0 Å². The molecule has 0 bridgehead atoms. The summed E-state index contributed by atoms with van der Waals surface area (Å²) < 4.78 is 3.58. The van der Waals surface area contributed by atoms with Gasteiger partial charge in [-0.15, -0.1) is 10.2 Å². The minimum atomic E-state index is -0.140. The maximum atomic E-state index is 12.5. The number of anilines is 1. The molecule has 0 aliphatic rings. The van der Waals surface area contributed by atoms with E-state index in [1.807, 2.05) is 72.2 Å². The van der Waals surface area contributed by atoms with Crippen molar-refractivity contribution in [2.45, 2.75) is 12.1 Å². The number of nitrogens with zero attached hydrogens (tertiary/aromatic N) is 5. The van der Waals surface area contributed by atoms with Gasteiger partial charge in [0.05, 0.1) is 11.4 Å². The van der Waals surface area contributed by atoms with Crippen molar-refractivity contribution in [3.8, 4) is 17.1 Å². The first-order valence-corrected chi connectivity index (χ1v) is 10.6. The van der Waals surface area contributed by atoms with Gasteiger partial charge >= 0.3 is 0 Å². The molecule has 0 aliphatic carbocycles. The second-order valence-electron chi connectivity index (χ2n) is 6.62. The molecule has 9 heteroatoms. The monoisotopic (exact) mass is 438 g/mol. The van der Waals surface area contributed by atoms with Gasteiger partial charge in [0.25, 0.3) is 0 Å². The van der Waals surface area contributed by atoms with Crippen LogP contribution in [-0.2, 0) is 11.8 Å². The van der Waals surface area contributed by atoms with E-state index in [-0.39, 0.29) is 11.7 Å². The minimum absolute atomic E-state index is 0.140. The van der Waals surface area contributed by atoms with E-state index in [1.165, 1.54) is 11.8 Å². The summed E-state index contributed by atoms with van der Waals surface area (Å²) >= 11 is 7.35. The number of halogens is 1. The minimum Gasteiger partial charge on any atom is -0.310 e. The van der Waals surface area contributed by atoms with E-state index < -0.39 is 0 Å². The van der Waals surface area contributed by atoms with Crippen LogP contribution in [0.1, 0.15) is 5.69 Å². The SMILES string of the molecule is Cc1cc(NC(=O)CSc2nnc(-c3ccc(Cl)cc3)n2-c2ccccc2)n(C)n1. The van der Waals surface area contributed by atoms with Crippen LogP contribution in [0.4, 0.5) is 5.82 Å². The van der Waals surface area contributed by atoms with E-state index in [1.54, 1.807) is 11.7 Å². The number of aryl methyl sites for hydroxylation is 2. The van der Waals surface area contributed by atoms with Crippen molar-refractivity contribution in [3.63, 3.8) is 0 Å². The lowest BCUT2D eigenvalue weighted by atomic mass is 10.2. The molecule has 4 rings (SSSR count). The number of thioether (sulfide) groups is 1. The van der Waals surface area contributed by atoms with Gasteiger partial charge in [0.1, 0.15) is 5.82 Å². The summed E-state index contributed by atoms with van der Waals surface area (Å²) in [6.07, 6.45) is 0. The summed E-state index contributed by atoms with van der Waals surface area (Å²) in [5, 5.41) is 17.1. The molecule has 0 radical (unpaired) electrons. The molecule has 152 valence electrons. The number of nitrogens with one attached hydrogen (secondary N) is 1. The number of hydrogen-bond acceptors (Lipinski definition) is 5. The molecule has 0 aliphatic heterocycles. The largest absolute Gasteiger partial charge is 0.310 e. The van der Waals surface area contributed by atoms with Crippen LogP contribution in [0.25, 0.3) is 17.1 Å². The zero-order chi connectivity index (χ0) is 21.1. The Balaban J connectivity index is 1.59. The molecule has 0 fully saturated rings. The van der Waals surface area contributed by atoms with Crippen LogP contribution in [0.3, 0.4) is 0 Å². The molecule has 0 atom stereocenters. The first kappa shape index (κ1) is 20.2. The third-order valence-electron chi connectivity index (χ3n) is 4.35. The van der Waals surface area contributed by atoms with Gasteiger partial charge in [-0.25, -0.2) is 0 Å². The van der Waals surface area contributed by atoms with E-state index in [4.69, 9.17) is 11.6 Å². The van der Waals surface area contributed by atoms with Gasteiger partial charge in [0, 0.05) is 29.4 Å². The molecule has 0 saturated carbocycles. The normalized spacial score (nSPS) is 10.9. The number of benzene rings is 2. The molecule has 1 N–H and O–H groups in total. The number of amides is 1. The Labute approximate surface area is 183 Å². The van der Waals surface area contributed by atoms with Crippen LogP contribution in [0.2, 0.25) is 5.02 Å². The van der Waals surface area contributed by atoms with Crippen molar-refractivity contribution in [2.75, 3.05) is 11.1 Å². The molecule has 2 aromatic carbocycles. The predicted octanol–water partition coefficient (Wildman–Crippen LogP) is 4.36. The Morgan fingerprint density at radius 1 is 1.10 bits per heavy atom. The zero-order valence-electron chi connectivity index (χ0n) is 16.4. The maximum Gasteiger partial charge on any atom is 0.235 e. The summed E-state index contributed by atoms with van der Waals surface area (Å²) in [6.45, 7) is 1.88. The quantitative estimate of drug-likeness (QED) is 0.452. The number of rotatable bonds is 6. The fourth-order valence-electron chi connectivity index (χ4n) is 3.00. The van der Waals surface area contributed by atoms with E-state index in [9.17, 15) is 4.79 Å². The standard InChI is InChI=1S/C21H19ClN6OS/c1-14-12-18(27(2)26-14)23-19(29)13-30-21-25-24-20(15-8-10-16(22)11-9-15)28(21)17-6-4-3-5-7-17/h3-12H,13H2,1-2H3,(H,23,29). The topological polar surface area (TPSA) is 77.6 Å². The van der Waals surface area contributed by atoms with Crippen molar-refractivity contribution in [2.24, 2.45) is 7.05 Å². The summed E-state index contributed by atoms with van der Waals surface area (Å²) in [6, 6.07) is 19.1. The highest BCUT2D eigenvalue weighted by atomic mass is 35.5. The van der Waals surface area contributed by atoms with Crippen molar-refractivity contribution >= 4 is 35.1 Å². The molecule has 2 aromatic heterocycles. The molecule has 0 spiro atoms. The smallest absolute Gasteiger partial charge is 0.235 e. The average molecular weight is 439 g/mol. The second kappa shape index (κ2) is 8.73. The van der Waals surface area contributed by atoms with Crippen LogP contribution in [0.15, 0.2) is 65.8 Å². The highest BCUT2D eigenvalue weighted by Gasteiger charge is 2.17. The number of para-hydroxylation sites is 1. The molecule has 30 heavy (non-hydrogen) atoms. The maximum absolute atomic E-state index is 12.5. The fourth-order valence-corrected chi connectivity index (χ4v) is 3.87. The summed E-state index contributed by atoms with van der Waals surface area (Å²) in [5.74, 6) is 1.39. The molecule has 2 heterocycles. The molecule has 1 amide bonds. The van der Waals surface area contributed by atoms with Gasteiger partial charge in [0.15, 0.2) is 11.0 Å². The highest BCUT2D eigenvalue weighted by Crippen LogP contribution is 2.28. The second-order valence-corrected chi connectivity index (χ2v) is 7.99. The Morgan fingerprint density at radius 2 is 1.83 bits per heavy atom. The van der Waals surface area contributed by atoms with E-state index >= 15 is 0 Å². The summed E-state index contributed by atoms with van der Waals surface area (Å²) in [4.78, 5) is 12.5. The molecule has 7 nitrogen and oxygen atoms in total. The average Bonchev–Trinajstić information content (AvgIpc) is 3.30. The lowest BCUT2D eigenvalue weighted by Crippen LogP contribution is -2.16. The van der Waals surface area contributed by atoms with Gasteiger partial charge in [-0.3, -0.25) is 14.0 Å². The van der Waals surface area contributed by atoms with Crippen molar-refractivity contribution < 1.29 is 4.79 Å². The van der Waals surface area contributed by atoms with Crippen molar-refractivity contribution in [1.82, 2.24) is 24.5 Å². The molecular formula is C21H19ClN6OS. The third-order valence-corrected chi connectivity index (χ3v) is 5.53.